The van der Waals surface area contributed by atoms with Gasteiger partial charge in [0.15, 0.2) is 0 Å². The maximum atomic E-state index is 11.8. The van der Waals surface area contributed by atoms with Crippen molar-refractivity contribution in [2.75, 3.05) is 38.8 Å². The van der Waals surface area contributed by atoms with Crippen molar-refractivity contribution in [3.8, 4) is 0 Å². The van der Waals surface area contributed by atoms with Crippen molar-refractivity contribution >= 4 is 21.4 Å². The molecule has 1 N–H and O–H groups in total. The highest BCUT2D eigenvalue weighted by Crippen LogP contribution is 2.33. The molecule has 0 saturated carbocycles. The summed E-state index contributed by atoms with van der Waals surface area (Å²) in [7, 11) is -0.769. The molecule has 1 aromatic carbocycles. The molecule has 1 aliphatic rings. The third-order valence-corrected chi connectivity index (χ3v) is 5.49. The van der Waals surface area contributed by atoms with Gasteiger partial charge in [0, 0.05) is 32.9 Å². The lowest BCUT2D eigenvalue weighted by molar-refractivity contribution is -0.384. The van der Waals surface area contributed by atoms with Crippen molar-refractivity contribution in [1.29, 1.82) is 0 Å². The predicted octanol–water partition coefficient (Wildman–Crippen LogP) is 1.37. The largest absolute Gasteiger partial charge is 0.384 e. The van der Waals surface area contributed by atoms with Gasteiger partial charge in [-0.3, -0.25) is 10.1 Å². The number of hydrogen-bond acceptors (Lipinski definition) is 6. The zero-order chi connectivity index (χ0) is 17.0. The van der Waals surface area contributed by atoms with Crippen LogP contribution in [0.3, 0.4) is 0 Å². The Hall–Kier alpha value is -1.71. The van der Waals surface area contributed by atoms with Crippen molar-refractivity contribution in [3.05, 3.63) is 28.3 Å². The first-order valence-corrected chi connectivity index (χ1v) is 8.83. The molecule has 9 heteroatoms. The summed E-state index contributed by atoms with van der Waals surface area (Å²) < 4.78 is 30.9. The zero-order valence-corrected chi connectivity index (χ0v) is 14.0. The van der Waals surface area contributed by atoms with E-state index in [1.54, 1.807) is 7.11 Å². The molecule has 1 aromatic rings. The Morgan fingerprint density at radius 1 is 1.39 bits per heavy atom. The van der Waals surface area contributed by atoms with Crippen LogP contribution in [0.1, 0.15) is 12.8 Å². The van der Waals surface area contributed by atoms with Crippen LogP contribution >= 0.6 is 0 Å². The molecule has 1 fully saturated rings. The number of piperidine rings is 1. The fraction of sp³-hybridized carbons (Fsp3) is 0.571. The Labute approximate surface area is 135 Å². The normalized spacial score (nSPS) is 16.5. The maximum Gasteiger partial charge on any atom is 0.293 e. The molecule has 23 heavy (non-hydrogen) atoms. The highest BCUT2D eigenvalue weighted by molar-refractivity contribution is 7.89. The SMILES string of the molecule is CNS(=O)(=O)c1ccc(N2CCC(COC)CC2)c([N+](=O)[O-])c1. The van der Waals surface area contributed by atoms with E-state index in [1.807, 2.05) is 4.90 Å². The number of nitro benzene ring substituents is 1. The predicted molar refractivity (Wildman–Crippen MR) is 86.2 cm³/mol. The number of anilines is 1. The summed E-state index contributed by atoms with van der Waals surface area (Å²) >= 11 is 0. The molecular weight excluding hydrogens is 322 g/mol. The van der Waals surface area contributed by atoms with E-state index < -0.39 is 14.9 Å². The number of sulfonamides is 1. The summed E-state index contributed by atoms with van der Waals surface area (Å²) in [5.74, 6) is 0.458. The summed E-state index contributed by atoms with van der Waals surface area (Å²) in [6, 6.07) is 4.02. The highest BCUT2D eigenvalue weighted by Gasteiger charge is 2.26. The summed E-state index contributed by atoms with van der Waals surface area (Å²) in [6.07, 6.45) is 1.78. The van der Waals surface area contributed by atoms with Gasteiger partial charge < -0.3 is 9.64 Å². The molecule has 0 spiro atoms. The quantitative estimate of drug-likeness (QED) is 0.618. The number of nitrogens with zero attached hydrogens (tertiary/aromatic N) is 2. The first-order chi connectivity index (χ1) is 10.9. The third-order valence-electron chi connectivity index (χ3n) is 4.08. The number of nitrogens with one attached hydrogen (secondary N) is 1. The van der Waals surface area contributed by atoms with Gasteiger partial charge in [0.05, 0.1) is 9.82 Å². The van der Waals surface area contributed by atoms with Gasteiger partial charge in [-0.15, -0.1) is 0 Å². The second-order valence-electron chi connectivity index (χ2n) is 5.50. The Morgan fingerprint density at radius 3 is 2.57 bits per heavy atom. The Bertz CT molecular complexity index is 669. The van der Waals surface area contributed by atoms with E-state index >= 15 is 0 Å². The van der Waals surface area contributed by atoms with E-state index in [9.17, 15) is 18.5 Å². The lowest BCUT2D eigenvalue weighted by Gasteiger charge is -2.33. The molecule has 0 unspecified atom stereocenters. The minimum Gasteiger partial charge on any atom is -0.384 e. The van der Waals surface area contributed by atoms with Crippen molar-refractivity contribution in [3.63, 3.8) is 0 Å². The standard InChI is InChI=1S/C14H21N3O5S/c1-15-23(20,21)12-3-4-13(14(9-12)17(18)19)16-7-5-11(6-8-16)10-22-2/h3-4,9,11,15H,5-8,10H2,1-2H3. The molecule has 8 nitrogen and oxygen atoms in total. The first kappa shape index (κ1) is 17.6. The molecule has 0 radical (unpaired) electrons. The van der Waals surface area contributed by atoms with Crippen LogP contribution in [-0.4, -0.2) is 47.2 Å². The van der Waals surface area contributed by atoms with Crippen LogP contribution in [0.2, 0.25) is 0 Å². The van der Waals surface area contributed by atoms with Crippen LogP contribution in [0.4, 0.5) is 11.4 Å². The van der Waals surface area contributed by atoms with Crippen LogP contribution < -0.4 is 9.62 Å². The molecule has 2 rings (SSSR count). The highest BCUT2D eigenvalue weighted by atomic mass is 32.2. The van der Waals surface area contributed by atoms with Gasteiger partial charge in [-0.1, -0.05) is 0 Å². The van der Waals surface area contributed by atoms with Crippen molar-refractivity contribution < 1.29 is 18.1 Å². The van der Waals surface area contributed by atoms with Gasteiger partial charge in [-0.25, -0.2) is 13.1 Å². The average Bonchev–Trinajstić information content (AvgIpc) is 2.55. The third kappa shape index (κ3) is 3.98. The molecule has 0 aromatic heterocycles. The topological polar surface area (TPSA) is 102 Å². The average molecular weight is 343 g/mol. The number of benzene rings is 1. The molecule has 0 amide bonds. The second-order valence-corrected chi connectivity index (χ2v) is 7.39. The molecule has 1 heterocycles. The monoisotopic (exact) mass is 343 g/mol. The van der Waals surface area contributed by atoms with E-state index in [4.69, 9.17) is 4.74 Å². The Kier molecular flexibility index (Phi) is 5.55. The molecule has 0 aliphatic carbocycles. The number of hydrogen-bond donors (Lipinski definition) is 1. The lowest BCUT2D eigenvalue weighted by Crippen LogP contribution is -2.35. The summed E-state index contributed by atoms with van der Waals surface area (Å²) in [5.41, 5.74) is 0.271. The van der Waals surface area contributed by atoms with Crippen LogP contribution in [0.25, 0.3) is 0 Å². The van der Waals surface area contributed by atoms with Crippen molar-refractivity contribution in [1.82, 2.24) is 4.72 Å². The molecule has 0 atom stereocenters. The minimum absolute atomic E-state index is 0.107. The number of rotatable bonds is 6. The Morgan fingerprint density at radius 2 is 2.04 bits per heavy atom. The summed E-state index contributed by atoms with van der Waals surface area (Å²) in [4.78, 5) is 12.6. The molecule has 0 bridgehead atoms. The van der Waals surface area contributed by atoms with E-state index in [2.05, 4.69) is 4.72 Å². The van der Waals surface area contributed by atoms with Crippen LogP contribution in [0, 0.1) is 16.0 Å². The zero-order valence-electron chi connectivity index (χ0n) is 13.2. The molecular formula is C14H21N3O5S. The molecule has 128 valence electrons. The van der Waals surface area contributed by atoms with Gasteiger partial charge in [0.1, 0.15) is 5.69 Å². The number of methoxy groups -OCH3 is 1. The maximum absolute atomic E-state index is 11.8. The number of ether oxygens (including phenoxy) is 1. The van der Waals surface area contributed by atoms with E-state index in [0.29, 0.717) is 31.3 Å². The smallest absolute Gasteiger partial charge is 0.293 e. The Balaban J connectivity index is 2.28. The van der Waals surface area contributed by atoms with Crippen LogP contribution in [0.5, 0.6) is 0 Å². The van der Waals surface area contributed by atoms with E-state index in [1.165, 1.54) is 19.2 Å². The fourth-order valence-electron chi connectivity index (χ4n) is 2.78. The van der Waals surface area contributed by atoms with Gasteiger partial charge in [0.25, 0.3) is 5.69 Å². The minimum atomic E-state index is -3.71. The number of nitro groups is 1. The molecule has 1 saturated heterocycles. The van der Waals surface area contributed by atoms with Crippen LogP contribution in [0.15, 0.2) is 23.1 Å². The van der Waals surface area contributed by atoms with E-state index in [-0.39, 0.29) is 10.6 Å². The van der Waals surface area contributed by atoms with E-state index in [0.717, 1.165) is 18.9 Å². The van der Waals surface area contributed by atoms with Crippen molar-refractivity contribution in [2.24, 2.45) is 5.92 Å². The first-order valence-electron chi connectivity index (χ1n) is 7.35. The van der Waals surface area contributed by atoms with Gasteiger partial charge in [0.2, 0.25) is 10.0 Å². The molecule has 1 aliphatic heterocycles. The van der Waals surface area contributed by atoms with Crippen LogP contribution in [-0.2, 0) is 14.8 Å². The lowest BCUT2D eigenvalue weighted by atomic mass is 9.97. The van der Waals surface area contributed by atoms with Gasteiger partial charge in [-0.2, -0.15) is 0 Å². The van der Waals surface area contributed by atoms with Gasteiger partial charge in [-0.05, 0) is 37.9 Å². The fourth-order valence-corrected chi connectivity index (χ4v) is 3.53. The van der Waals surface area contributed by atoms with Crippen molar-refractivity contribution in [2.45, 2.75) is 17.7 Å². The van der Waals surface area contributed by atoms with Gasteiger partial charge >= 0.3 is 0 Å². The summed E-state index contributed by atoms with van der Waals surface area (Å²) in [6.45, 7) is 2.06. The summed E-state index contributed by atoms with van der Waals surface area (Å²) in [5, 5.41) is 11.3. The second kappa shape index (κ2) is 7.24.